The highest BCUT2D eigenvalue weighted by atomic mass is 31.2. The van der Waals surface area contributed by atoms with Gasteiger partial charge in [0.1, 0.15) is 43.2 Å². The van der Waals surface area contributed by atoms with E-state index in [0.717, 1.165) is 77.0 Å². The lowest BCUT2D eigenvalue weighted by Gasteiger charge is -2.41. The number of allylic oxidation sites excluding steroid dienone is 16. The molecule has 14 nitrogen and oxygen atoms in total. The first-order chi connectivity index (χ1) is 31.8. The third kappa shape index (κ3) is 31.4. The van der Waals surface area contributed by atoms with Gasteiger partial charge in [0, 0.05) is 12.8 Å². The van der Waals surface area contributed by atoms with E-state index in [9.17, 15) is 49.7 Å². The Morgan fingerprint density at radius 2 is 1.02 bits per heavy atom. The van der Waals surface area contributed by atoms with Crippen molar-refractivity contribution in [2.24, 2.45) is 0 Å². The summed E-state index contributed by atoms with van der Waals surface area (Å²) < 4.78 is 33.5. The van der Waals surface area contributed by atoms with E-state index in [1.807, 2.05) is 36.5 Å². The summed E-state index contributed by atoms with van der Waals surface area (Å²) in [5, 5.41) is 60.2. The molecule has 0 aliphatic heterocycles. The first kappa shape index (κ1) is 60.5. The summed E-state index contributed by atoms with van der Waals surface area (Å²) >= 11 is 0. The van der Waals surface area contributed by atoms with Crippen molar-refractivity contribution >= 4 is 19.8 Å². The Kier molecular flexibility index (Phi) is 36.2. The van der Waals surface area contributed by atoms with E-state index >= 15 is 0 Å². The molecule has 0 saturated heterocycles. The van der Waals surface area contributed by atoms with Crippen molar-refractivity contribution in [1.82, 2.24) is 0 Å². The van der Waals surface area contributed by atoms with Crippen LogP contribution in [0.25, 0.3) is 0 Å². The maximum atomic E-state index is 12.8. The van der Waals surface area contributed by atoms with E-state index in [0.29, 0.717) is 32.1 Å². The monoisotopic (exact) mass is 949 g/mol. The second-order valence-electron chi connectivity index (χ2n) is 16.0. The van der Waals surface area contributed by atoms with E-state index in [1.165, 1.54) is 0 Å². The van der Waals surface area contributed by atoms with Gasteiger partial charge in [-0.3, -0.25) is 18.6 Å². The minimum absolute atomic E-state index is 0.0463. The van der Waals surface area contributed by atoms with Crippen molar-refractivity contribution in [3.05, 3.63) is 109 Å². The van der Waals surface area contributed by atoms with Gasteiger partial charge in [-0.1, -0.05) is 149 Å². The quantitative estimate of drug-likeness (QED) is 0.0102. The number of phosphoric acid groups is 1. The van der Waals surface area contributed by atoms with Gasteiger partial charge in [0.25, 0.3) is 0 Å². The van der Waals surface area contributed by atoms with Crippen molar-refractivity contribution in [2.75, 3.05) is 13.2 Å². The number of carbonyl (C=O) groups is 2. The molecule has 15 heteroatoms. The predicted octanol–water partition coefficient (Wildman–Crippen LogP) is 8.58. The van der Waals surface area contributed by atoms with Gasteiger partial charge < -0.3 is 45.0 Å². The van der Waals surface area contributed by atoms with Crippen LogP contribution < -0.4 is 0 Å². The van der Waals surface area contributed by atoms with Crippen molar-refractivity contribution in [2.45, 2.75) is 185 Å². The van der Waals surface area contributed by atoms with E-state index in [2.05, 4.69) is 74.6 Å². The van der Waals surface area contributed by atoms with Gasteiger partial charge in [0.15, 0.2) is 6.10 Å². The van der Waals surface area contributed by atoms with Crippen LogP contribution in [0.3, 0.4) is 0 Å². The molecule has 1 saturated carbocycles. The zero-order chi connectivity index (χ0) is 48.7. The maximum absolute atomic E-state index is 12.8. The van der Waals surface area contributed by atoms with Crippen LogP contribution in [0.2, 0.25) is 0 Å². The number of esters is 2. The van der Waals surface area contributed by atoms with Gasteiger partial charge in [-0.05, 0) is 83.5 Å². The van der Waals surface area contributed by atoms with Gasteiger partial charge in [0.05, 0.1) is 12.7 Å². The molecule has 1 aliphatic carbocycles. The van der Waals surface area contributed by atoms with Crippen molar-refractivity contribution in [3.63, 3.8) is 0 Å². The zero-order valence-electron chi connectivity index (χ0n) is 39.3. The molecule has 1 aliphatic rings. The summed E-state index contributed by atoms with van der Waals surface area (Å²) in [6, 6.07) is 0. The third-order valence-electron chi connectivity index (χ3n) is 10.2. The minimum atomic E-state index is -5.16. The molecule has 0 bridgehead atoms. The Balaban J connectivity index is 2.53. The van der Waals surface area contributed by atoms with Crippen molar-refractivity contribution in [3.8, 4) is 0 Å². The van der Waals surface area contributed by atoms with Crippen LogP contribution in [-0.2, 0) is 32.7 Å². The number of rotatable bonds is 37. The molecule has 0 aromatic heterocycles. The Morgan fingerprint density at radius 3 is 1.61 bits per heavy atom. The Labute approximate surface area is 394 Å². The van der Waals surface area contributed by atoms with Crippen LogP contribution in [0.1, 0.15) is 136 Å². The smallest absolute Gasteiger partial charge is 0.462 e. The van der Waals surface area contributed by atoms with Crippen LogP contribution >= 0.6 is 7.82 Å². The second kappa shape index (κ2) is 39.5. The molecule has 0 heterocycles. The van der Waals surface area contributed by atoms with Crippen LogP contribution in [0.15, 0.2) is 109 Å². The molecule has 4 unspecified atom stereocenters. The Hall–Kier alpha value is -3.53. The van der Waals surface area contributed by atoms with Gasteiger partial charge in [-0.15, -0.1) is 0 Å². The summed E-state index contributed by atoms with van der Waals surface area (Å²) in [6.07, 6.45) is 37.3. The SMILES string of the molecule is CC/C=C\C/C=C\C/C=C\C/C=C\CCCCCCCCC(=O)O[C@H](COC(=O)CCC/C=C\C/C=C\C=C\C(O)C/C=C\C/C=C\CC)COP(=O)(O)OC1[C@H](O)[C@H](O)C(O)[C@H](O)[C@H]1O. The van der Waals surface area contributed by atoms with Gasteiger partial charge in [-0.25, -0.2) is 4.57 Å². The molecule has 66 heavy (non-hydrogen) atoms. The highest BCUT2D eigenvalue weighted by Gasteiger charge is 2.51. The summed E-state index contributed by atoms with van der Waals surface area (Å²) in [5.74, 6) is -1.24. The lowest BCUT2D eigenvalue weighted by Crippen LogP contribution is -2.64. The summed E-state index contributed by atoms with van der Waals surface area (Å²) in [7, 11) is -5.16. The molecule has 0 aromatic carbocycles. The number of aliphatic hydroxyl groups is 6. The first-order valence-electron chi connectivity index (χ1n) is 23.8. The normalized spacial score (nSPS) is 22.7. The number of hydrogen-bond donors (Lipinski definition) is 7. The number of phosphoric ester groups is 1. The van der Waals surface area contributed by atoms with Crippen molar-refractivity contribution in [1.29, 1.82) is 0 Å². The summed E-state index contributed by atoms with van der Waals surface area (Å²) in [5.41, 5.74) is 0. The molecule has 374 valence electrons. The maximum Gasteiger partial charge on any atom is 0.472 e. The number of unbranched alkanes of at least 4 members (excludes halogenated alkanes) is 7. The van der Waals surface area contributed by atoms with Crippen LogP contribution in [0, 0.1) is 0 Å². The van der Waals surface area contributed by atoms with Crippen molar-refractivity contribution < 1.29 is 68.2 Å². The second-order valence-corrected chi connectivity index (χ2v) is 17.5. The van der Waals surface area contributed by atoms with Crippen LogP contribution in [0.4, 0.5) is 0 Å². The fraction of sp³-hybridized carbons (Fsp3) is 0.608. The first-order valence-corrected chi connectivity index (χ1v) is 25.3. The average Bonchev–Trinajstić information content (AvgIpc) is 3.29. The molecular weight excluding hydrogens is 868 g/mol. The molecule has 9 atom stereocenters. The van der Waals surface area contributed by atoms with Crippen LogP contribution in [-0.4, -0.2) is 110 Å². The fourth-order valence-corrected chi connectivity index (χ4v) is 7.37. The number of hydrogen-bond acceptors (Lipinski definition) is 13. The predicted molar refractivity (Wildman–Crippen MR) is 259 cm³/mol. The summed E-state index contributed by atoms with van der Waals surface area (Å²) in [4.78, 5) is 35.7. The average molecular weight is 949 g/mol. The molecule has 0 spiro atoms. The molecule has 1 rings (SSSR count). The Morgan fingerprint density at radius 1 is 0.545 bits per heavy atom. The topological polar surface area (TPSA) is 230 Å². The van der Waals surface area contributed by atoms with Gasteiger partial charge >= 0.3 is 19.8 Å². The lowest BCUT2D eigenvalue weighted by atomic mass is 9.85. The largest absolute Gasteiger partial charge is 0.472 e. The van der Waals surface area contributed by atoms with Gasteiger partial charge in [0.2, 0.25) is 0 Å². The number of carbonyl (C=O) groups excluding carboxylic acids is 2. The fourth-order valence-electron chi connectivity index (χ4n) is 6.40. The number of ether oxygens (including phenoxy) is 2. The van der Waals surface area contributed by atoms with Gasteiger partial charge in [-0.2, -0.15) is 0 Å². The van der Waals surface area contributed by atoms with E-state index < -0.39 is 81.8 Å². The van der Waals surface area contributed by atoms with E-state index in [4.69, 9.17) is 18.5 Å². The minimum Gasteiger partial charge on any atom is -0.462 e. The number of aliphatic hydroxyl groups excluding tert-OH is 6. The highest BCUT2D eigenvalue weighted by molar-refractivity contribution is 7.47. The van der Waals surface area contributed by atoms with E-state index in [-0.39, 0.29) is 12.8 Å². The van der Waals surface area contributed by atoms with Crippen LogP contribution in [0.5, 0.6) is 0 Å². The third-order valence-corrected chi connectivity index (χ3v) is 11.2. The lowest BCUT2D eigenvalue weighted by molar-refractivity contribution is -0.220. The molecule has 7 N–H and O–H groups in total. The standard InChI is InChI=1S/C51H81O14P/c1-3-5-7-9-11-12-13-14-15-16-17-18-19-20-21-22-27-31-35-39-45(54)64-43(41-63-66(60,61)65-51-49(58)47(56)46(55)48(57)50(51)59)40-62-44(53)38-34-30-26-24-23-25-29-33-37-42(52)36-32-28-10-8-6-4-2/h5-8,11-12,14-15,17-18,24-26,28-29,32-33,37,42-43,46-52,55-59H,3-4,9-10,13,16,19-23,27,30-31,34-36,38-41H2,1-2H3,(H,60,61)/b7-5-,8-6-,12-11-,15-14-,18-17-,26-24-,29-25-,32-28-,37-33+/t42?,43-,46?,47-,48+,49-,50-,51?/m1/s1. The Bertz CT molecular complexity index is 1580. The molecule has 1 fully saturated rings. The summed E-state index contributed by atoms with van der Waals surface area (Å²) in [6.45, 7) is 2.92. The van der Waals surface area contributed by atoms with E-state index in [1.54, 1.807) is 12.2 Å². The highest BCUT2D eigenvalue weighted by Crippen LogP contribution is 2.47. The molecule has 0 amide bonds. The molecule has 0 radical (unpaired) electrons. The zero-order valence-corrected chi connectivity index (χ0v) is 40.2. The molecular formula is C51H81O14P. The molecule has 0 aromatic rings.